The Hall–Kier alpha value is 0.0600. The molecule has 1 N–H and O–H groups in total. The van der Waals surface area contributed by atoms with Crippen LogP contribution in [0.2, 0.25) is 0 Å². The van der Waals surface area contributed by atoms with Crippen molar-refractivity contribution in [3.05, 3.63) is 24.3 Å². The fraction of sp³-hybridized carbons (Fsp3) is 0.500. The lowest BCUT2D eigenvalue weighted by atomic mass is 10.2. The molecule has 0 spiro atoms. The third-order valence-electron chi connectivity index (χ3n) is 3.52. The van der Waals surface area contributed by atoms with Gasteiger partial charge in [0.2, 0.25) is 5.50 Å². The summed E-state index contributed by atoms with van der Waals surface area (Å²) in [4.78, 5) is 4.08. The second-order valence-corrected chi connectivity index (χ2v) is 7.31. The summed E-state index contributed by atoms with van der Waals surface area (Å²) in [5.74, 6) is 0. The molecule has 0 saturated carbocycles. The average Bonchev–Trinajstić information content (AvgIpc) is 2.77. The van der Waals surface area contributed by atoms with Crippen LogP contribution in [-0.2, 0) is 0 Å². The van der Waals surface area contributed by atoms with E-state index in [1.807, 2.05) is 0 Å². The summed E-state index contributed by atoms with van der Waals surface area (Å²) >= 11 is 4.65. The Bertz CT molecular complexity index is 425. The van der Waals surface area contributed by atoms with Gasteiger partial charge in [0.25, 0.3) is 0 Å². The van der Waals surface area contributed by atoms with E-state index < -0.39 is 0 Å². The van der Waals surface area contributed by atoms with Gasteiger partial charge in [-0.1, -0.05) is 46.5 Å². The maximum absolute atomic E-state index is 2.52. The van der Waals surface area contributed by atoms with Crippen LogP contribution in [0.5, 0.6) is 0 Å². The molecule has 1 aromatic rings. The maximum Gasteiger partial charge on any atom is 0.217 e. The first-order valence-corrected chi connectivity index (χ1v) is 7.97. The van der Waals surface area contributed by atoms with Gasteiger partial charge in [-0.15, -0.1) is 0 Å². The van der Waals surface area contributed by atoms with Crippen LogP contribution in [0.3, 0.4) is 0 Å². The Morgan fingerprint density at radius 3 is 3.06 bits per heavy atom. The number of rotatable bonds is 1. The largest absolute Gasteiger partial charge is 0.311 e. The van der Waals surface area contributed by atoms with E-state index in [1.54, 1.807) is 4.90 Å². The van der Waals surface area contributed by atoms with Crippen molar-refractivity contribution in [3.8, 4) is 0 Å². The number of quaternary nitrogens is 1. The zero-order valence-corrected chi connectivity index (χ0v) is 12.5. The van der Waals surface area contributed by atoms with Gasteiger partial charge in [-0.2, -0.15) is 0 Å². The Balaban J connectivity index is 2.00. The normalized spacial score (nSPS) is 36.3. The topological polar surface area (TPSA) is 7.68 Å². The molecule has 2 nitrogen and oxygen atoms in total. The molecule has 86 valence electrons. The lowest BCUT2D eigenvalue weighted by Gasteiger charge is -2.19. The summed E-state index contributed by atoms with van der Waals surface area (Å²) in [5, 5.41) is 0. The minimum absolute atomic E-state index is 0.433. The number of thioether (sulfide) groups is 1. The monoisotopic (exact) mass is 347 g/mol. The molecule has 2 aliphatic rings. The minimum Gasteiger partial charge on any atom is -0.311 e. The minimum atomic E-state index is 0.433. The van der Waals surface area contributed by atoms with E-state index in [2.05, 4.69) is 77.5 Å². The zero-order chi connectivity index (χ0) is 11.3. The van der Waals surface area contributed by atoms with Crippen molar-refractivity contribution in [1.82, 2.24) is 0 Å². The van der Waals surface area contributed by atoms with Crippen molar-refractivity contribution in [2.45, 2.75) is 17.2 Å². The SMILES string of the molecule is CN1c2ccccc2[NH+]2CC(C)(CI)SC12. The van der Waals surface area contributed by atoms with Crippen molar-refractivity contribution in [3.63, 3.8) is 0 Å². The smallest absolute Gasteiger partial charge is 0.217 e. The van der Waals surface area contributed by atoms with E-state index in [9.17, 15) is 0 Å². The molecule has 16 heavy (non-hydrogen) atoms. The number of benzene rings is 1. The van der Waals surface area contributed by atoms with Gasteiger partial charge in [0.15, 0.2) is 5.69 Å². The molecule has 0 bridgehead atoms. The van der Waals surface area contributed by atoms with E-state index in [-0.39, 0.29) is 0 Å². The molecule has 3 atom stereocenters. The molecular weight excluding hydrogens is 331 g/mol. The van der Waals surface area contributed by atoms with Gasteiger partial charge >= 0.3 is 0 Å². The number of nitrogens with one attached hydrogen (secondary N) is 1. The fourth-order valence-electron chi connectivity index (χ4n) is 2.67. The molecule has 2 aliphatic heterocycles. The Kier molecular flexibility index (Phi) is 2.64. The van der Waals surface area contributed by atoms with Gasteiger partial charge in [-0.3, -0.25) is 4.90 Å². The number of halogens is 1. The van der Waals surface area contributed by atoms with Crippen molar-refractivity contribution in [2.24, 2.45) is 0 Å². The highest BCUT2D eigenvalue weighted by molar-refractivity contribution is 14.1. The van der Waals surface area contributed by atoms with E-state index in [0.29, 0.717) is 10.2 Å². The van der Waals surface area contributed by atoms with Gasteiger partial charge in [0, 0.05) is 17.5 Å². The van der Waals surface area contributed by atoms with Gasteiger partial charge in [0.05, 0.1) is 11.3 Å². The standard InChI is InChI=1S/C12H15IN2S/c1-12(7-13)8-15-10-6-4-3-5-9(10)14(2)11(15)16-12/h3-6,11H,7-8H2,1-2H3/p+1. The van der Waals surface area contributed by atoms with Crippen LogP contribution in [0.4, 0.5) is 11.4 Å². The number of hydrogen-bond donors (Lipinski definition) is 1. The van der Waals surface area contributed by atoms with Gasteiger partial charge < -0.3 is 4.90 Å². The Labute approximate surface area is 115 Å². The lowest BCUT2D eigenvalue weighted by molar-refractivity contribution is -0.831. The van der Waals surface area contributed by atoms with E-state index in [1.165, 1.54) is 22.3 Å². The first kappa shape index (κ1) is 11.2. The summed E-state index contributed by atoms with van der Waals surface area (Å²) < 4.78 is 1.66. The van der Waals surface area contributed by atoms with Gasteiger partial charge in [0.1, 0.15) is 5.69 Å². The van der Waals surface area contributed by atoms with E-state index >= 15 is 0 Å². The molecule has 4 heteroatoms. The van der Waals surface area contributed by atoms with Crippen molar-refractivity contribution in [1.29, 1.82) is 0 Å². The first-order valence-electron chi connectivity index (χ1n) is 5.56. The number of hydrogen-bond acceptors (Lipinski definition) is 2. The van der Waals surface area contributed by atoms with Crippen molar-refractivity contribution in [2.75, 3.05) is 22.9 Å². The van der Waals surface area contributed by atoms with Gasteiger partial charge in [-0.05, 0) is 13.0 Å². The number of para-hydroxylation sites is 2. The van der Waals surface area contributed by atoms with E-state index in [0.717, 1.165) is 0 Å². The highest BCUT2D eigenvalue weighted by Gasteiger charge is 2.52. The molecular formula is C12H16IN2S+. The van der Waals surface area contributed by atoms with Crippen LogP contribution >= 0.6 is 34.4 Å². The second kappa shape index (κ2) is 3.78. The third kappa shape index (κ3) is 1.49. The number of fused-ring (bicyclic) bond motifs is 3. The predicted molar refractivity (Wildman–Crippen MR) is 79.0 cm³/mol. The van der Waals surface area contributed by atoms with Crippen LogP contribution in [-0.4, -0.2) is 28.3 Å². The van der Waals surface area contributed by atoms with Crippen LogP contribution in [0, 0.1) is 0 Å². The zero-order valence-electron chi connectivity index (χ0n) is 9.53. The quantitative estimate of drug-likeness (QED) is 0.613. The summed E-state index contributed by atoms with van der Waals surface area (Å²) in [5.41, 5.74) is 3.47. The Morgan fingerprint density at radius 2 is 2.31 bits per heavy atom. The molecule has 0 aliphatic carbocycles. The molecule has 0 aromatic heterocycles. The highest BCUT2D eigenvalue weighted by Crippen LogP contribution is 2.41. The molecule has 0 amide bonds. The maximum atomic E-state index is 2.52. The van der Waals surface area contributed by atoms with Crippen molar-refractivity contribution < 1.29 is 4.90 Å². The third-order valence-corrected chi connectivity index (χ3v) is 7.41. The van der Waals surface area contributed by atoms with E-state index in [4.69, 9.17) is 0 Å². The van der Waals surface area contributed by atoms with Gasteiger partial charge in [-0.25, -0.2) is 0 Å². The molecule has 3 rings (SSSR count). The first-order chi connectivity index (χ1) is 7.64. The summed E-state index contributed by atoms with van der Waals surface area (Å²) in [6, 6.07) is 8.81. The molecule has 0 radical (unpaired) electrons. The molecule has 3 unspecified atom stereocenters. The summed E-state index contributed by atoms with van der Waals surface area (Å²) in [6.07, 6.45) is 0. The Morgan fingerprint density at radius 1 is 1.56 bits per heavy atom. The van der Waals surface area contributed by atoms with Crippen LogP contribution in [0.15, 0.2) is 24.3 Å². The predicted octanol–water partition coefficient (Wildman–Crippen LogP) is 1.88. The molecule has 2 heterocycles. The molecule has 1 saturated heterocycles. The van der Waals surface area contributed by atoms with Crippen LogP contribution in [0.25, 0.3) is 0 Å². The molecule has 1 aromatic carbocycles. The number of anilines is 1. The number of nitrogens with zero attached hydrogens (tertiary/aromatic N) is 1. The summed E-state index contributed by atoms with van der Waals surface area (Å²) in [6.45, 7) is 3.64. The highest BCUT2D eigenvalue weighted by atomic mass is 127. The lowest BCUT2D eigenvalue weighted by Crippen LogP contribution is -3.09. The van der Waals surface area contributed by atoms with Crippen LogP contribution < -0.4 is 9.80 Å². The number of alkyl halides is 1. The second-order valence-electron chi connectivity index (χ2n) is 4.88. The average molecular weight is 347 g/mol. The molecule has 1 fully saturated rings. The fourth-order valence-corrected chi connectivity index (χ4v) is 4.95. The van der Waals surface area contributed by atoms with Crippen molar-refractivity contribution >= 4 is 45.7 Å². The van der Waals surface area contributed by atoms with Crippen LogP contribution in [0.1, 0.15) is 6.92 Å². The summed E-state index contributed by atoms with van der Waals surface area (Å²) in [7, 11) is 2.22.